The number of fused-ring (bicyclic) bond motifs is 5. The molecule has 0 radical (unpaired) electrons. The molecule has 2 fully saturated rings. The average Bonchev–Trinajstić information content (AvgIpc) is 3.51. The largest absolute Gasteiger partial charge is 0.462 e. The Kier molecular flexibility index (Phi) is 6.38. The van der Waals surface area contributed by atoms with Gasteiger partial charge >= 0.3 is 11.9 Å². The zero-order valence-electron chi connectivity index (χ0n) is 18.7. The molecule has 10 heteroatoms. The molecule has 3 aliphatic rings. The fourth-order valence-electron chi connectivity index (χ4n) is 5.12. The molecule has 1 saturated carbocycles. The topological polar surface area (TPSA) is 119 Å². The van der Waals surface area contributed by atoms with Crippen molar-refractivity contribution in [3.63, 3.8) is 0 Å². The van der Waals surface area contributed by atoms with Gasteiger partial charge in [-0.2, -0.15) is 0 Å². The van der Waals surface area contributed by atoms with Crippen molar-refractivity contribution in [1.29, 1.82) is 0 Å². The first-order chi connectivity index (χ1) is 15.8. The van der Waals surface area contributed by atoms with E-state index in [4.69, 9.17) is 9.47 Å². The number of nitrogens with one attached hydrogen (secondary N) is 1. The van der Waals surface area contributed by atoms with Crippen molar-refractivity contribution in [3.8, 4) is 0 Å². The molecule has 1 N–H and O–H groups in total. The predicted molar refractivity (Wildman–Crippen MR) is 118 cm³/mol. The molecule has 9 nitrogen and oxygen atoms in total. The highest BCUT2D eigenvalue weighted by atomic mass is 32.1. The van der Waals surface area contributed by atoms with Crippen molar-refractivity contribution < 1.29 is 33.4 Å². The molecule has 4 atom stereocenters. The van der Waals surface area contributed by atoms with Crippen LogP contribution in [0.4, 0.5) is 5.00 Å². The quantitative estimate of drug-likeness (QED) is 0.348. The van der Waals surface area contributed by atoms with Crippen LogP contribution >= 0.6 is 11.3 Å². The fourth-order valence-corrected chi connectivity index (χ4v) is 6.26. The van der Waals surface area contributed by atoms with Crippen LogP contribution in [0.3, 0.4) is 0 Å². The van der Waals surface area contributed by atoms with Gasteiger partial charge in [-0.1, -0.05) is 19.1 Å². The van der Waals surface area contributed by atoms with E-state index in [1.54, 1.807) is 6.92 Å². The van der Waals surface area contributed by atoms with Crippen LogP contribution in [0.25, 0.3) is 0 Å². The lowest BCUT2D eigenvalue weighted by molar-refractivity contribution is -0.154. The van der Waals surface area contributed by atoms with Gasteiger partial charge < -0.3 is 14.8 Å². The third kappa shape index (κ3) is 4.07. The molecule has 0 aromatic carbocycles. The third-order valence-electron chi connectivity index (χ3n) is 6.51. The maximum atomic E-state index is 12.7. The van der Waals surface area contributed by atoms with Gasteiger partial charge in [0.1, 0.15) is 11.5 Å². The van der Waals surface area contributed by atoms with Crippen LogP contribution in [0, 0.1) is 30.6 Å². The van der Waals surface area contributed by atoms with Crippen LogP contribution in [0.1, 0.15) is 41.1 Å². The van der Waals surface area contributed by atoms with E-state index in [1.807, 2.05) is 26.0 Å². The predicted octanol–water partition coefficient (Wildman–Crippen LogP) is 2.08. The molecule has 2 heterocycles. The molecule has 1 aromatic heterocycles. The van der Waals surface area contributed by atoms with Crippen molar-refractivity contribution in [3.05, 3.63) is 28.2 Å². The summed E-state index contributed by atoms with van der Waals surface area (Å²) in [4.78, 5) is 64.2. The molecule has 176 valence electrons. The summed E-state index contributed by atoms with van der Waals surface area (Å²) in [6, 6.07) is 0. The van der Waals surface area contributed by atoms with Crippen molar-refractivity contribution in [1.82, 2.24) is 4.90 Å². The fraction of sp³-hybridized carbons (Fsp3) is 0.522. The van der Waals surface area contributed by atoms with Crippen molar-refractivity contribution in [2.24, 2.45) is 23.7 Å². The van der Waals surface area contributed by atoms with Crippen molar-refractivity contribution in [2.45, 2.75) is 33.6 Å². The molecule has 2 aliphatic carbocycles. The van der Waals surface area contributed by atoms with E-state index >= 15 is 0 Å². The summed E-state index contributed by atoms with van der Waals surface area (Å²) >= 11 is 1.25. The number of likely N-dealkylation sites (tertiary alicyclic amines) is 1. The number of carbonyl (C=O) groups is 5. The lowest BCUT2D eigenvalue weighted by Crippen LogP contribution is -2.38. The van der Waals surface area contributed by atoms with Crippen LogP contribution in [0.5, 0.6) is 0 Å². The number of rotatable bonds is 8. The minimum atomic E-state index is -0.839. The number of carbonyl (C=O) groups excluding carboxylic acids is 5. The Bertz CT molecular complexity index is 1030. The van der Waals surface area contributed by atoms with Gasteiger partial charge in [-0.15, -0.1) is 11.3 Å². The number of thiophene rings is 1. The molecule has 1 saturated heterocycles. The first-order valence-electron chi connectivity index (χ1n) is 11.0. The van der Waals surface area contributed by atoms with Crippen molar-refractivity contribution in [2.75, 3.05) is 25.1 Å². The summed E-state index contributed by atoms with van der Waals surface area (Å²) in [6.07, 6.45) is 5.35. The highest BCUT2D eigenvalue weighted by Gasteiger charge is 2.59. The third-order valence-corrected chi connectivity index (χ3v) is 7.57. The number of anilines is 1. The maximum absolute atomic E-state index is 12.7. The molecule has 3 amide bonds. The second-order valence-electron chi connectivity index (χ2n) is 8.39. The minimum absolute atomic E-state index is 0.0547. The molecular weight excluding hydrogens is 448 g/mol. The zero-order valence-corrected chi connectivity index (χ0v) is 19.5. The standard InChI is InChI=1S/C23H26N2O7S/c1-4-14-11(3)33-20(19(14)23(30)31-5-2)24-15(26)10-32-16(27)9-25-21(28)17-12-6-7-13(8-12)18(17)22(25)29/h6-7,12-13,17-18H,4-5,8-10H2,1-3H3,(H,24,26)/t12-,13-,17-,18+/m0/s1. The van der Waals surface area contributed by atoms with Crippen LogP contribution in [0.15, 0.2) is 12.2 Å². The molecule has 33 heavy (non-hydrogen) atoms. The van der Waals surface area contributed by atoms with E-state index in [9.17, 15) is 24.0 Å². The van der Waals surface area contributed by atoms with E-state index in [1.165, 1.54) is 11.3 Å². The first-order valence-corrected chi connectivity index (χ1v) is 11.9. The number of nitrogens with zero attached hydrogens (tertiary/aromatic N) is 1. The highest BCUT2D eigenvalue weighted by molar-refractivity contribution is 7.16. The Morgan fingerprint density at radius 1 is 1.09 bits per heavy atom. The molecule has 2 bridgehead atoms. The number of ether oxygens (including phenoxy) is 2. The van der Waals surface area contributed by atoms with Gasteiger partial charge in [0, 0.05) is 4.88 Å². The Hall–Kier alpha value is -3.01. The lowest BCUT2D eigenvalue weighted by Gasteiger charge is -2.16. The molecule has 1 aliphatic heterocycles. The lowest BCUT2D eigenvalue weighted by atomic mass is 9.85. The van der Waals surface area contributed by atoms with Crippen LogP contribution < -0.4 is 5.32 Å². The number of hydrogen-bond donors (Lipinski definition) is 1. The highest BCUT2D eigenvalue weighted by Crippen LogP contribution is 2.52. The molecule has 0 unspecified atom stereocenters. The Labute approximate surface area is 195 Å². The number of allylic oxidation sites excluding steroid dienone is 2. The zero-order chi connectivity index (χ0) is 23.9. The van der Waals surface area contributed by atoms with E-state index in [2.05, 4.69) is 5.32 Å². The molecule has 1 aromatic rings. The summed E-state index contributed by atoms with van der Waals surface area (Å²) < 4.78 is 10.1. The average molecular weight is 475 g/mol. The number of amides is 3. The number of aryl methyl sites for hydroxylation is 1. The molecule has 4 rings (SSSR count). The van der Waals surface area contributed by atoms with Gasteiger partial charge in [-0.05, 0) is 44.1 Å². The SMILES string of the molecule is CCOC(=O)c1c(NC(=O)COC(=O)CN2C(=O)[C@@H]3[C@H](C2=O)[C@H]2C=C[C@H]3C2)sc(C)c1CC. The second-order valence-corrected chi connectivity index (χ2v) is 9.61. The number of imide groups is 1. The van der Waals surface area contributed by atoms with E-state index < -0.39 is 31.0 Å². The summed E-state index contributed by atoms with van der Waals surface area (Å²) in [5.41, 5.74) is 1.11. The number of esters is 2. The van der Waals surface area contributed by atoms with Gasteiger partial charge in [-0.3, -0.25) is 24.1 Å². The Balaban J connectivity index is 1.34. The van der Waals surface area contributed by atoms with Gasteiger partial charge in [0.2, 0.25) is 11.8 Å². The molecule has 0 spiro atoms. The molecular formula is C23H26N2O7S. The Morgan fingerprint density at radius 3 is 2.30 bits per heavy atom. The Morgan fingerprint density at radius 2 is 1.73 bits per heavy atom. The van der Waals surface area contributed by atoms with Gasteiger partial charge in [-0.25, -0.2) is 4.79 Å². The monoisotopic (exact) mass is 474 g/mol. The van der Waals surface area contributed by atoms with Crippen LogP contribution in [-0.2, 0) is 35.1 Å². The summed E-state index contributed by atoms with van der Waals surface area (Å²) in [5, 5.41) is 2.95. The van der Waals surface area contributed by atoms with Crippen LogP contribution in [0.2, 0.25) is 0 Å². The smallest absolute Gasteiger partial charge is 0.341 e. The minimum Gasteiger partial charge on any atom is -0.462 e. The van der Waals surface area contributed by atoms with E-state index in [-0.39, 0.29) is 42.1 Å². The van der Waals surface area contributed by atoms with Crippen molar-refractivity contribution >= 4 is 46.0 Å². The van der Waals surface area contributed by atoms with E-state index in [0.29, 0.717) is 17.0 Å². The van der Waals surface area contributed by atoms with Gasteiger partial charge in [0.25, 0.3) is 5.91 Å². The maximum Gasteiger partial charge on any atom is 0.341 e. The summed E-state index contributed by atoms with van der Waals surface area (Å²) in [5.74, 6) is -3.35. The first kappa shape index (κ1) is 23.2. The normalized spacial score (nSPS) is 24.9. The van der Waals surface area contributed by atoms with Gasteiger partial charge in [0.15, 0.2) is 6.61 Å². The van der Waals surface area contributed by atoms with E-state index in [0.717, 1.165) is 21.8 Å². The summed E-state index contributed by atoms with van der Waals surface area (Å²) in [7, 11) is 0. The van der Waals surface area contributed by atoms with Gasteiger partial charge in [0.05, 0.1) is 24.0 Å². The summed E-state index contributed by atoms with van der Waals surface area (Å²) in [6.45, 7) is 4.55. The second kappa shape index (κ2) is 9.09. The number of hydrogen-bond acceptors (Lipinski definition) is 8. The van der Waals surface area contributed by atoms with Crippen LogP contribution in [-0.4, -0.2) is 54.3 Å².